The molecule has 0 bridgehead atoms. The Morgan fingerprint density at radius 1 is 1.25 bits per heavy atom. The van der Waals surface area contributed by atoms with Crippen molar-refractivity contribution in [1.82, 2.24) is 9.97 Å². The van der Waals surface area contributed by atoms with E-state index in [-0.39, 0.29) is 5.82 Å². The van der Waals surface area contributed by atoms with E-state index in [2.05, 4.69) is 25.9 Å². The van der Waals surface area contributed by atoms with Crippen LogP contribution < -0.4 is 0 Å². The third-order valence-electron chi connectivity index (χ3n) is 3.15. The molecule has 1 aromatic carbocycles. The topological polar surface area (TPSA) is 25.8 Å². The van der Waals surface area contributed by atoms with Gasteiger partial charge in [0.2, 0.25) is 0 Å². The van der Waals surface area contributed by atoms with Crippen LogP contribution in [0.15, 0.2) is 22.7 Å². The van der Waals surface area contributed by atoms with Gasteiger partial charge in [-0.1, -0.05) is 27.5 Å². The number of aromatic nitrogens is 2. The first-order valence-corrected chi connectivity index (χ1v) is 7.85. The summed E-state index contributed by atoms with van der Waals surface area (Å²) in [5.74, 6) is -0.0591. The van der Waals surface area contributed by atoms with E-state index in [1.807, 2.05) is 13.8 Å². The van der Waals surface area contributed by atoms with Gasteiger partial charge in [-0.3, -0.25) is 0 Å². The summed E-state index contributed by atoms with van der Waals surface area (Å²) in [6.07, 6.45) is 0. The Labute approximate surface area is 132 Å². The number of aryl methyl sites for hydroxylation is 2. The number of benzene rings is 1. The molecule has 0 aliphatic heterocycles. The van der Waals surface area contributed by atoms with Crippen LogP contribution >= 0.6 is 38.9 Å². The van der Waals surface area contributed by atoms with Gasteiger partial charge < -0.3 is 0 Å². The average molecular weight is 372 g/mol. The van der Waals surface area contributed by atoms with Gasteiger partial charge in [0.25, 0.3) is 0 Å². The lowest BCUT2D eigenvalue weighted by Gasteiger charge is -2.04. The smallest absolute Gasteiger partial charge is 0.165 e. The highest BCUT2D eigenvalue weighted by Gasteiger charge is 2.16. The number of thiophene rings is 1. The fourth-order valence-corrected chi connectivity index (χ4v) is 3.75. The number of halogens is 3. The Kier molecular flexibility index (Phi) is 3.52. The lowest BCUT2D eigenvalue weighted by Crippen LogP contribution is -1.93. The molecular weight excluding hydrogens is 363 g/mol. The predicted octanol–water partition coefficient (Wildman–Crippen LogP) is 5.53. The minimum Gasteiger partial charge on any atom is -0.217 e. The zero-order chi connectivity index (χ0) is 14.4. The van der Waals surface area contributed by atoms with E-state index < -0.39 is 0 Å². The largest absolute Gasteiger partial charge is 0.217 e. The molecule has 0 aliphatic carbocycles. The van der Waals surface area contributed by atoms with Crippen molar-refractivity contribution in [2.45, 2.75) is 13.8 Å². The highest BCUT2D eigenvalue weighted by Crippen LogP contribution is 2.35. The molecule has 2 heterocycles. The Morgan fingerprint density at radius 3 is 2.75 bits per heavy atom. The van der Waals surface area contributed by atoms with E-state index in [1.54, 1.807) is 23.5 Å². The van der Waals surface area contributed by atoms with Crippen LogP contribution in [0.5, 0.6) is 0 Å². The van der Waals surface area contributed by atoms with Gasteiger partial charge in [-0.2, -0.15) is 0 Å². The van der Waals surface area contributed by atoms with E-state index >= 15 is 0 Å². The van der Waals surface area contributed by atoms with Crippen LogP contribution in [-0.4, -0.2) is 9.97 Å². The summed E-state index contributed by atoms with van der Waals surface area (Å²) in [6, 6.07) is 4.67. The van der Waals surface area contributed by atoms with Gasteiger partial charge in [-0.05, 0) is 37.6 Å². The second kappa shape index (κ2) is 5.06. The third-order valence-corrected chi connectivity index (χ3v) is 5.02. The maximum absolute atomic E-state index is 13.9. The van der Waals surface area contributed by atoms with Gasteiger partial charge in [-0.15, -0.1) is 11.3 Å². The van der Waals surface area contributed by atoms with Crippen molar-refractivity contribution in [2.24, 2.45) is 0 Å². The second-order valence-electron chi connectivity index (χ2n) is 4.43. The molecule has 6 heteroatoms. The van der Waals surface area contributed by atoms with Crippen LogP contribution in [0.1, 0.15) is 10.4 Å². The Morgan fingerprint density at radius 2 is 2.00 bits per heavy atom. The van der Waals surface area contributed by atoms with Gasteiger partial charge in [0.15, 0.2) is 5.82 Å². The van der Waals surface area contributed by atoms with Gasteiger partial charge in [-0.25, -0.2) is 14.4 Å². The quantitative estimate of drug-likeness (QED) is 0.526. The fourth-order valence-electron chi connectivity index (χ4n) is 1.99. The van der Waals surface area contributed by atoms with Crippen LogP contribution in [0.25, 0.3) is 21.6 Å². The van der Waals surface area contributed by atoms with Crippen molar-refractivity contribution in [3.05, 3.63) is 44.1 Å². The molecule has 3 rings (SSSR count). The molecule has 0 spiro atoms. The van der Waals surface area contributed by atoms with Gasteiger partial charge in [0.1, 0.15) is 15.8 Å². The van der Waals surface area contributed by atoms with E-state index in [0.29, 0.717) is 16.5 Å². The first-order chi connectivity index (χ1) is 9.47. The monoisotopic (exact) mass is 370 g/mol. The van der Waals surface area contributed by atoms with E-state index in [1.165, 1.54) is 6.07 Å². The molecular formula is C14H9BrClFN2S. The summed E-state index contributed by atoms with van der Waals surface area (Å²) in [4.78, 5) is 10.6. The molecule has 20 heavy (non-hydrogen) atoms. The molecule has 3 aromatic rings. The van der Waals surface area contributed by atoms with Crippen molar-refractivity contribution in [3.63, 3.8) is 0 Å². The van der Waals surface area contributed by atoms with E-state index in [9.17, 15) is 4.39 Å². The predicted molar refractivity (Wildman–Crippen MR) is 85.0 cm³/mol. The van der Waals surface area contributed by atoms with Gasteiger partial charge >= 0.3 is 0 Å². The SMILES string of the molecule is Cc1sc2nc(-c3cc(Br)ccc3F)nc(Cl)c2c1C. The second-order valence-corrected chi connectivity index (χ2v) is 6.90. The molecule has 2 aromatic heterocycles. The summed E-state index contributed by atoms with van der Waals surface area (Å²) in [5.41, 5.74) is 1.42. The van der Waals surface area contributed by atoms with Crippen LogP contribution in [-0.2, 0) is 0 Å². The van der Waals surface area contributed by atoms with Gasteiger partial charge in [0, 0.05) is 9.35 Å². The lowest BCUT2D eigenvalue weighted by molar-refractivity contribution is 0.630. The first-order valence-electron chi connectivity index (χ1n) is 5.86. The van der Waals surface area contributed by atoms with Crippen molar-refractivity contribution in [3.8, 4) is 11.4 Å². The van der Waals surface area contributed by atoms with Gasteiger partial charge in [0.05, 0.1) is 10.9 Å². The van der Waals surface area contributed by atoms with Crippen LogP contribution in [0.2, 0.25) is 5.15 Å². The summed E-state index contributed by atoms with van der Waals surface area (Å²) < 4.78 is 14.7. The zero-order valence-corrected chi connectivity index (χ0v) is 13.8. The normalized spacial score (nSPS) is 11.2. The van der Waals surface area contributed by atoms with E-state index in [4.69, 9.17) is 11.6 Å². The Bertz CT molecular complexity index is 832. The van der Waals surface area contributed by atoms with E-state index in [0.717, 1.165) is 25.1 Å². The highest BCUT2D eigenvalue weighted by atomic mass is 79.9. The minimum absolute atomic E-state index is 0.308. The number of rotatable bonds is 1. The third kappa shape index (κ3) is 2.24. The average Bonchev–Trinajstić information content (AvgIpc) is 2.68. The highest BCUT2D eigenvalue weighted by molar-refractivity contribution is 9.10. The summed E-state index contributed by atoms with van der Waals surface area (Å²) in [6.45, 7) is 4.00. The van der Waals surface area contributed by atoms with Crippen LogP contribution in [0.3, 0.4) is 0 Å². The molecule has 102 valence electrons. The maximum atomic E-state index is 13.9. The Hall–Kier alpha value is -1.04. The summed E-state index contributed by atoms with van der Waals surface area (Å²) in [5, 5.41) is 1.22. The maximum Gasteiger partial charge on any atom is 0.165 e. The fraction of sp³-hybridized carbons (Fsp3) is 0.143. The summed E-state index contributed by atoms with van der Waals surface area (Å²) >= 11 is 11.1. The number of fused-ring (bicyclic) bond motifs is 1. The lowest BCUT2D eigenvalue weighted by atomic mass is 10.2. The molecule has 0 aliphatic rings. The molecule has 0 amide bonds. The summed E-state index contributed by atoms with van der Waals surface area (Å²) in [7, 11) is 0. The minimum atomic E-state index is -0.367. The number of hydrogen-bond donors (Lipinski definition) is 0. The standard InChI is InChI=1S/C14H9BrClFN2S/c1-6-7(2)20-14-11(6)12(16)18-13(19-14)9-5-8(15)3-4-10(9)17/h3-5H,1-2H3. The molecule has 0 radical (unpaired) electrons. The molecule has 0 N–H and O–H groups in total. The van der Waals surface area contributed by atoms with Crippen molar-refractivity contribution in [2.75, 3.05) is 0 Å². The molecule has 2 nitrogen and oxygen atoms in total. The molecule has 0 saturated heterocycles. The Balaban J connectivity index is 2.30. The van der Waals surface area contributed by atoms with Crippen molar-refractivity contribution >= 4 is 49.1 Å². The molecule has 0 atom stereocenters. The van der Waals surface area contributed by atoms with Crippen molar-refractivity contribution in [1.29, 1.82) is 0 Å². The number of hydrogen-bond acceptors (Lipinski definition) is 3. The molecule has 0 fully saturated rings. The van der Waals surface area contributed by atoms with Crippen LogP contribution in [0, 0.1) is 19.7 Å². The zero-order valence-electron chi connectivity index (χ0n) is 10.7. The molecule has 0 saturated carbocycles. The van der Waals surface area contributed by atoms with Crippen LogP contribution in [0.4, 0.5) is 4.39 Å². The number of nitrogens with zero attached hydrogens (tertiary/aromatic N) is 2. The van der Waals surface area contributed by atoms with Crippen molar-refractivity contribution < 1.29 is 4.39 Å². The molecule has 0 unspecified atom stereocenters. The first kappa shape index (κ1) is 13.9.